The summed E-state index contributed by atoms with van der Waals surface area (Å²) in [5.41, 5.74) is 16.5. The molecule has 0 radical (unpaired) electrons. The number of aromatic nitrogens is 2. The van der Waals surface area contributed by atoms with E-state index in [1.165, 1.54) is 48.7 Å². The Balaban J connectivity index is 1.14. The lowest BCUT2D eigenvalue weighted by Crippen LogP contribution is -2.32. The van der Waals surface area contributed by atoms with Crippen molar-refractivity contribution in [1.82, 2.24) is 9.97 Å². The van der Waals surface area contributed by atoms with Gasteiger partial charge in [-0.05, 0) is 92.0 Å². The van der Waals surface area contributed by atoms with Crippen LogP contribution in [0.2, 0.25) is 0 Å². The van der Waals surface area contributed by atoms with Gasteiger partial charge < -0.3 is 0 Å². The first-order chi connectivity index (χ1) is 28.7. The van der Waals surface area contributed by atoms with Crippen molar-refractivity contribution in [3.8, 4) is 73.4 Å². The standard InChI is InChI=1S/C54H33N3S/c55-34-41-17-7-8-18-42(41)39-27-29-43-44-30-28-40(32-48(44)54(47(43)31-39)45-19-9-11-21-51(45)58-52-22-12-10-20-46(52)54)50-33-49(56-53(57-50)38-15-5-2-6-16-38)37-25-23-36(24-26-37)35-13-3-1-4-14-35/h1-33H. The van der Waals surface area contributed by atoms with Gasteiger partial charge in [-0.3, -0.25) is 0 Å². The number of benzene rings is 8. The predicted octanol–water partition coefficient (Wildman–Crippen LogP) is 13.5. The molecule has 0 saturated heterocycles. The second-order valence-electron chi connectivity index (χ2n) is 14.8. The van der Waals surface area contributed by atoms with Crippen molar-refractivity contribution in [2.24, 2.45) is 0 Å². The summed E-state index contributed by atoms with van der Waals surface area (Å²) < 4.78 is 0. The Bertz CT molecular complexity index is 3050. The van der Waals surface area contributed by atoms with Gasteiger partial charge in [-0.25, -0.2) is 9.97 Å². The maximum Gasteiger partial charge on any atom is 0.160 e. The number of hydrogen-bond donors (Lipinski definition) is 0. The zero-order valence-electron chi connectivity index (χ0n) is 31.3. The van der Waals surface area contributed by atoms with Gasteiger partial charge in [0.25, 0.3) is 0 Å². The van der Waals surface area contributed by atoms with E-state index in [1.54, 1.807) is 0 Å². The molecule has 4 heteroatoms. The van der Waals surface area contributed by atoms with E-state index in [2.05, 4.69) is 164 Å². The highest BCUT2D eigenvalue weighted by Gasteiger charge is 2.50. The monoisotopic (exact) mass is 755 g/mol. The van der Waals surface area contributed by atoms with Crippen molar-refractivity contribution in [2.75, 3.05) is 0 Å². The molecular formula is C54H33N3S. The van der Waals surface area contributed by atoms with Gasteiger partial charge in [0, 0.05) is 26.5 Å². The maximum absolute atomic E-state index is 10.1. The summed E-state index contributed by atoms with van der Waals surface area (Å²) >= 11 is 1.83. The molecule has 1 aliphatic carbocycles. The van der Waals surface area contributed by atoms with Crippen molar-refractivity contribution in [3.05, 3.63) is 228 Å². The Morgan fingerprint density at radius 3 is 1.52 bits per heavy atom. The Kier molecular flexibility index (Phi) is 8.03. The van der Waals surface area contributed by atoms with Crippen molar-refractivity contribution in [2.45, 2.75) is 15.2 Å². The zero-order valence-corrected chi connectivity index (χ0v) is 32.1. The number of hydrogen-bond acceptors (Lipinski definition) is 4. The summed E-state index contributed by atoms with van der Waals surface area (Å²) in [6.07, 6.45) is 0. The first-order valence-electron chi connectivity index (χ1n) is 19.5. The molecule has 0 amide bonds. The molecule has 3 nitrogen and oxygen atoms in total. The topological polar surface area (TPSA) is 49.6 Å². The van der Waals surface area contributed by atoms with Gasteiger partial charge in [-0.1, -0.05) is 176 Å². The smallest absolute Gasteiger partial charge is 0.160 e. The Labute approximate surface area is 342 Å². The van der Waals surface area contributed by atoms with Gasteiger partial charge in [0.2, 0.25) is 0 Å². The van der Waals surface area contributed by atoms with Crippen LogP contribution in [0.3, 0.4) is 0 Å². The van der Waals surface area contributed by atoms with Crippen LogP contribution in [-0.2, 0) is 5.41 Å². The van der Waals surface area contributed by atoms with Crippen LogP contribution in [0.15, 0.2) is 210 Å². The van der Waals surface area contributed by atoms with Crippen LogP contribution in [0.1, 0.15) is 27.8 Å². The third-order valence-corrected chi connectivity index (χ3v) is 12.8. The molecule has 0 saturated carbocycles. The summed E-state index contributed by atoms with van der Waals surface area (Å²) in [6.45, 7) is 0. The van der Waals surface area contributed by atoms with E-state index in [9.17, 15) is 5.26 Å². The average molecular weight is 756 g/mol. The number of nitrogens with zero attached hydrogens (tertiary/aromatic N) is 3. The molecule has 2 heterocycles. The molecule has 2 aliphatic rings. The largest absolute Gasteiger partial charge is 0.228 e. The van der Waals surface area contributed by atoms with Gasteiger partial charge in [0.05, 0.1) is 28.4 Å². The van der Waals surface area contributed by atoms with Crippen LogP contribution in [0, 0.1) is 11.3 Å². The Morgan fingerprint density at radius 1 is 0.379 bits per heavy atom. The van der Waals surface area contributed by atoms with Crippen molar-refractivity contribution in [3.63, 3.8) is 0 Å². The maximum atomic E-state index is 10.1. The molecule has 0 bridgehead atoms. The first-order valence-corrected chi connectivity index (χ1v) is 20.3. The van der Waals surface area contributed by atoms with Crippen molar-refractivity contribution < 1.29 is 0 Å². The van der Waals surface area contributed by atoms with Crippen LogP contribution in [-0.4, -0.2) is 9.97 Å². The quantitative estimate of drug-likeness (QED) is 0.175. The molecule has 11 rings (SSSR count). The molecule has 8 aromatic carbocycles. The van der Waals surface area contributed by atoms with E-state index < -0.39 is 5.41 Å². The molecule has 1 spiro atoms. The van der Waals surface area contributed by atoms with E-state index in [1.807, 2.05) is 54.2 Å². The van der Waals surface area contributed by atoms with Crippen molar-refractivity contribution in [1.29, 1.82) is 5.26 Å². The second kappa shape index (κ2) is 13.7. The number of nitriles is 1. The molecule has 0 atom stereocenters. The van der Waals surface area contributed by atoms with Crippen molar-refractivity contribution >= 4 is 11.8 Å². The fourth-order valence-corrected chi connectivity index (χ4v) is 10.2. The lowest BCUT2D eigenvalue weighted by molar-refractivity contribution is 0.723. The summed E-state index contributed by atoms with van der Waals surface area (Å²) in [6, 6.07) is 73.2. The molecule has 270 valence electrons. The van der Waals surface area contributed by atoms with Crippen LogP contribution < -0.4 is 0 Å². The van der Waals surface area contributed by atoms with E-state index in [0.717, 1.165) is 44.8 Å². The first kappa shape index (κ1) is 34.0. The lowest BCUT2D eigenvalue weighted by atomic mass is 9.67. The summed E-state index contributed by atoms with van der Waals surface area (Å²) in [7, 11) is 0. The molecule has 58 heavy (non-hydrogen) atoms. The number of fused-ring (bicyclic) bond motifs is 9. The molecule has 9 aromatic rings. The summed E-state index contributed by atoms with van der Waals surface area (Å²) in [4.78, 5) is 12.9. The summed E-state index contributed by atoms with van der Waals surface area (Å²) in [5, 5.41) is 10.1. The number of rotatable bonds is 5. The summed E-state index contributed by atoms with van der Waals surface area (Å²) in [5.74, 6) is 0.685. The molecule has 1 aliphatic heterocycles. The van der Waals surface area contributed by atoms with E-state index >= 15 is 0 Å². The fraction of sp³-hybridized carbons (Fsp3) is 0.0185. The van der Waals surface area contributed by atoms with Gasteiger partial charge in [0.15, 0.2) is 5.82 Å². The van der Waals surface area contributed by atoms with Crippen LogP contribution in [0.4, 0.5) is 0 Å². The van der Waals surface area contributed by atoms with Gasteiger partial charge in [-0.15, -0.1) is 0 Å². The molecular weight excluding hydrogens is 723 g/mol. The molecule has 0 unspecified atom stereocenters. The fourth-order valence-electron chi connectivity index (χ4n) is 8.98. The zero-order chi connectivity index (χ0) is 38.6. The normalized spacial score (nSPS) is 12.9. The van der Waals surface area contributed by atoms with Gasteiger partial charge in [-0.2, -0.15) is 5.26 Å². The minimum atomic E-state index is -0.609. The highest BCUT2D eigenvalue weighted by Crippen LogP contribution is 2.63. The van der Waals surface area contributed by atoms with E-state index in [4.69, 9.17) is 9.97 Å². The van der Waals surface area contributed by atoms with Crippen LogP contribution in [0.5, 0.6) is 0 Å². The van der Waals surface area contributed by atoms with Crippen LogP contribution in [0.25, 0.3) is 67.3 Å². The average Bonchev–Trinajstić information content (AvgIpc) is 3.58. The van der Waals surface area contributed by atoms with Crippen LogP contribution >= 0.6 is 11.8 Å². The van der Waals surface area contributed by atoms with Gasteiger partial charge >= 0.3 is 0 Å². The van der Waals surface area contributed by atoms with E-state index in [0.29, 0.717) is 11.4 Å². The second-order valence-corrected chi connectivity index (χ2v) is 15.9. The van der Waals surface area contributed by atoms with Gasteiger partial charge in [0.1, 0.15) is 0 Å². The third-order valence-electron chi connectivity index (χ3n) is 11.6. The lowest BCUT2D eigenvalue weighted by Gasteiger charge is -2.40. The highest BCUT2D eigenvalue weighted by molar-refractivity contribution is 7.99. The van der Waals surface area contributed by atoms with E-state index in [-0.39, 0.29) is 0 Å². The SMILES string of the molecule is N#Cc1ccccc1-c1ccc2c(c1)C1(c3ccccc3Sc3ccccc31)c1cc(-c3cc(-c4ccc(-c5ccccc5)cc4)nc(-c4ccccc4)n3)ccc1-2. The molecule has 0 N–H and O–H groups in total. The minimum Gasteiger partial charge on any atom is -0.228 e. The highest BCUT2D eigenvalue weighted by atomic mass is 32.2. The predicted molar refractivity (Wildman–Crippen MR) is 235 cm³/mol. The molecule has 0 fully saturated rings. The minimum absolute atomic E-state index is 0.609. The Hall–Kier alpha value is -7.32. The third kappa shape index (κ3) is 5.36. The Morgan fingerprint density at radius 2 is 0.862 bits per heavy atom. The molecule has 1 aromatic heterocycles.